The van der Waals surface area contributed by atoms with Crippen molar-refractivity contribution in [3.63, 3.8) is 0 Å². The Balaban J connectivity index is 1.05. The van der Waals surface area contributed by atoms with Crippen molar-refractivity contribution in [2.24, 2.45) is 0 Å². The molecule has 9 aromatic carbocycles. The maximum atomic E-state index is 6.22. The fourth-order valence-corrected chi connectivity index (χ4v) is 10.3. The molecule has 0 atom stereocenters. The van der Waals surface area contributed by atoms with Crippen LogP contribution in [0.1, 0.15) is 86.1 Å². The number of hydrogen-bond donors (Lipinski definition) is 0. The molecule has 1 spiro atoms. The summed E-state index contributed by atoms with van der Waals surface area (Å²) < 4.78 is 6.22. The molecule has 2 aliphatic carbocycles. The van der Waals surface area contributed by atoms with Crippen molar-refractivity contribution in [2.45, 2.75) is 57.8 Å². The van der Waals surface area contributed by atoms with Gasteiger partial charge in [0.2, 0.25) is 0 Å². The number of ether oxygens (including phenoxy) is 1. The van der Waals surface area contributed by atoms with Crippen LogP contribution in [0.4, 0.5) is 17.1 Å². The van der Waals surface area contributed by atoms with Gasteiger partial charge >= 0.3 is 0 Å². The van der Waals surface area contributed by atoms with Gasteiger partial charge in [0, 0.05) is 17.1 Å². The summed E-state index contributed by atoms with van der Waals surface area (Å²) in [6.07, 6.45) is 4.54. The van der Waals surface area contributed by atoms with Crippen LogP contribution < -0.4 is 9.64 Å². The van der Waals surface area contributed by atoms with E-state index in [9.17, 15) is 0 Å². The van der Waals surface area contributed by atoms with Crippen molar-refractivity contribution >= 4 is 29.2 Å². The molecule has 0 saturated heterocycles. The predicted molar refractivity (Wildman–Crippen MR) is 282 cm³/mol. The van der Waals surface area contributed by atoms with E-state index in [4.69, 9.17) is 4.74 Å². The van der Waals surface area contributed by atoms with Gasteiger partial charge in [0.25, 0.3) is 0 Å². The van der Waals surface area contributed by atoms with Crippen molar-refractivity contribution in [1.82, 2.24) is 0 Å². The van der Waals surface area contributed by atoms with Gasteiger partial charge in [0.1, 0.15) is 11.5 Å². The van der Waals surface area contributed by atoms with Gasteiger partial charge in [-0.05, 0) is 162 Å². The first-order valence-electron chi connectivity index (χ1n) is 23.6. The van der Waals surface area contributed by atoms with E-state index in [0.717, 1.165) is 39.7 Å². The summed E-state index contributed by atoms with van der Waals surface area (Å²) in [5.74, 6) is 1.65. The molecule has 0 unspecified atom stereocenters. The summed E-state index contributed by atoms with van der Waals surface area (Å²) in [6, 6.07) is 77.5. The zero-order valence-electron chi connectivity index (χ0n) is 39.2. The summed E-state index contributed by atoms with van der Waals surface area (Å²) in [4.78, 5) is 2.30. The van der Waals surface area contributed by atoms with E-state index in [1.165, 1.54) is 66.8 Å². The van der Waals surface area contributed by atoms with E-state index in [1.807, 2.05) is 30.3 Å². The Morgan fingerprint density at radius 1 is 0.358 bits per heavy atom. The van der Waals surface area contributed by atoms with E-state index < -0.39 is 5.41 Å². The molecule has 0 radical (unpaired) electrons. The average molecular weight is 866 g/mol. The Labute approximate surface area is 396 Å². The highest BCUT2D eigenvalue weighted by Crippen LogP contribution is 2.64. The molecule has 67 heavy (non-hydrogen) atoms. The molecule has 0 fully saturated rings. The molecule has 11 rings (SSSR count). The van der Waals surface area contributed by atoms with Crippen LogP contribution in [0.2, 0.25) is 0 Å². The summed E-state index contributed by atoms with van der Waals surface area (Å²) in [7, 11) is 0. The molecule has 0 heterocycles. The van der Waals surface area contributed by atoms with Crippen LogP contribution >= 0.6 is 0 Å². The molecule has 0 bridgehead atoms. The van der Waals surface area contributed by atoms with Crippen molar-refractivity contribution in [3.05, 3.63) is 257 Å². The molecule has 2 aliphatic rings. The van der Waals surface area contributed by atoms with Crippen LogP contribution in [0.15, 0.2) is 212 Å². The summed E-state index contributed by atoms with van der Waals surface area (Å²) in [6.45, 7) is 14.0. The highest BCUT2D eigenvalue weighted by atomic mass is 16.5. The Bertz CT molecular complexity index is 3190. The van der Waals surface area contributed by atoms with E-state index in [0.29, 0.717) is 0 Å². The number of nitrogens with zero attached hydrogens (tertiary/aromatic N) is 1. The highest BCUT2D eigenvalue weighted by molar-refractivity contribution is 5.97. The molecule has 2 heteroatoms. The number of fused-ring (bicyclic) bond motifs is 10. The zero-order chi connectivity index (χ0) is 45.9. The third-order valence-corrected chi connectivity index (χ3v) is 13.8. The predicted octanol–water partition coefficient (Wildman–Crippen LogP) is 17.7. The van der Waals surface area contributed by atoms with Gasteiger partial charge in [-0.3, -0.25) is 0 Å². The van der Waals surface area contributed by atoms with Gasteiger partial charge in [-0.25, -0.2) is 0 Å². The highest BCUT2D eigenvalue weighted by Gasteiger charge is 2.52. The lowest BCUT2D eigenvalue weighted by Gasteiger charge is -2.33. The van der Waals surface area contributed by atoms with Crippen LogP contribution in [0.5, 0.6) is 11.5 Å². The monoisotopic (exact) mass is 865 g/mol. The first kappa shape index (κ1) is 42.0. The van der Waals surface area contributed by atoms with Crippen molar-refractivity contribution in [2.75, 3.05) is 4.90 Å². The van der Waals surface area contributed by atoms with Crippen LogP contribution in [-0.2, 0) is 16.2 Å². The average Bonchev–Trinajstić information content (AvgIpc) is 3.80. The number of rotatable bonds is 8. The summed E-state index contributed by atoms with van der Waals surface area (Å²) in [5, 5.41) is 0. The fourth-order valence-electron chi connectivity index (χ4n) is 10.3. The molecule has 2 nitrogen and oxygen atoms in total. The first-order valence-corrected chi connectivity index (χ1v) is 23.6. The molecule has 326 valence electrons. The quantitative estimate of drug-likeness (QED) is 0.141. The fraction of sp³-hybridized carbons (Fsp3) is 0.138. The molecule has 0 aliphatic heterocycles. The third-order valence-electron chi connectivity index (χ3n) is 13.8. The van der Waals surface area contributed by atoms with Gasteiger partial charge in [-0.2, -0.15) is 0 Å². The molecule has 0 amide bonds. The van der Waals surface area contributed by atoms with Gasteiger partial charge in [0.15, 0.2) is 0 Å². The number of benzene rings is 9. The maximum Gasteiger partial charge on any atom is 0.127 e. The zero-order valence-corrected chi connectivity index (χ0v) is 39.2. The van der Waals surface area contributed by atoms with Crippen LogP contribution in [0, 0.1) is 0 Å². The first-order chi connectivity index (χ1) is 32.4. The van der Waals surface area contributed by atoms with Gasteiger partial charge in [-0.1, -0.05) is 193 Å². The van der Waals surface area contributed by atoms with Crippen molar-refractivity contribution in [1.29, 1.82) is 0 Å². The number of para-hydroxylation sites is 3. The second-order valence-electron chi connectivity index (χ2n) is 20.2. The topological polar surface area (TPSA) is 12.5 Å². The van der Waals surface area contributed by atoms with Crippen LogP contribution in [-0.4, -0.2) is 0 Å². The molecular formula is C65H55NO. The summed E-state index contributed by atoms with van der Waals surface area (Å²) >= 11 is 0. The second-order valence-corrected chi connectivity index (χ2v) is 20.2. The number of hydrogen-bond acceptors (Lipinski definition) is 2. The molecule has 9 aromatic rings. The maximum absolute atomic E-state index is 6.22. The third kappa shape index (κ3) is 7.47. The Morgan fingerprint density at radius 2 is 0.761 bits per heavy atom. The minimum atomic E-state index is -0.534. The van der Waals surface area contributed by atoms with Crippen LogP contribution in [0.25, 0.3) is 45.5 Å². The second kappa shape index (κ2) is 16.3. The van der Waals surface area contributed by atoms with E-state index in [-0.39, 0.29) is 10.8 Å². The molecule has 0 N–H and O–H groups in total. The number of anilines is 3. The largest absolute Gasteiger partial charge is 0.457 e. The lowest BCUT2D eigenvalue weighted by atomic mass is 9.68. The Morgan fingerprint density at radius 3 is 1.30 bits per heavy atom. The van der Waals surface area contributed by atoms with Gasteiger partial charge in [-0.15, -0.1) is 0 Å². The minimum absolute atomic E-state index is 0.0311. The van der Waals surface area contributed by atoms with Crippen LogP contribution in [0.3, 0.4) is 0 Å². The van der Waals surface area contributed by atoms with E-state index in [2.05, 4.69) is 241 Å². The Kier molecular flexibility index (Phi) is 10.2. The van der Waals surface area contributed by atoms with Gasteiger partial charge in [0.05, 0.1) is 5.41 Å². The summed E-state index contributed by atoms with van der Waals surface area (Å²) in [5.41, 5.74) is 20.7. The van der Waals surface area contributed by atoms with Crippen molar-refractivity contribution in [3.8, 4) is 44.9 Å². The van der Waals surface area contributed by atoms with Crippen molar-refractivity contribution < 1.29 is 4.74 Å². The normalized spacial score (nSPS) is 13.3. The SMILES string of the molecule is CC(C)(C)c1ccc2c(c1)C1(c3cc(/C=C/c4ccc(N(c5ccccc5)c5ccccc5)cc4)ccc3-c3ccc(-c4ccc(Oc5ccccc5)cc4)cc31)c1cc(C(C)(C)C)ccc1-2. The van der Waals surface area contributed by atoms with Gasteiger partial charge < -0.3 is 9.64 Å². The van der Waals surface area contributed by atoms with E-state index in [1.54, 1.807) is 0 Å². The smallest absolute Gasteiger partial charge is 0.127 e. The molecule has 0 aromatic heterocycles. The lowest BCUT2D eigenvalue weighted by molar-refractivity contribution is 0.483. The minimum Gasteiger partial charge on any atom is -0.457 e. The Hall–Kier alpha value is -7.68. The lowest BCUT2D eigenvalue weighted by Crippen LogP contribution is -2.27. The van der Waals surface area contributed by atoms with E-state index >= 15 is 0 Å². The standard InChI is InChI=1S/C65H55NO/c1-63(2,3)48-30-38-57-58-39-31-49(64(4,5)6)43-62(58)65(61(57)42-48)59-40-45(23-22-44-24-32-52(33-25-44)66(50-16-10-7-11-17-50)51-18-12-8-13-19-51)26-36-55(59)56-37-29-47(41-60(56)65)46-27-34-54(35-28-46)67-53-20-14-9-15-21-53/h7-43H,1-6H3/b23-22+. The molecule has 0 saturated carbocycles. The molecular weight excluding hydrogens is 811 g/mol.